The van der Waals surface area contributed by atoms with Crippen LogP contribution in [0.25, 0.3) is 0 Å². The number of ketones is 1. The molecule has 0 amide bonds. The molecule has 1 aromatic carbocycles. The number of unbranched alkanes of at least 4 members (excludes halogenated alkanes) is 1. The van der Waals surface area contributed by atoms with Crippen molar-refractivity contribution in [3.05, 3.63) is 36.1 Å². The van der Waals surface area contributed by atoms with E-state index in [1.54, 1.807) is 18.2 Å². The van der Waals surface area contributed by atoms with Crippen LogP contribution in [-0.2, 0) is 4.74 Å². The van der Waals surface area contributed by atoms with Gasteiger partial charge in [0.25, 0.3) is 0 Å². The van der Waals surface area contributed by atoms with Crippen LogP contribution in [0.2, 0.25) is 0 Å². The fraction of sp³-hybridized carbons (Fsp3) is 0.357. The number of benzene rings is 1. The largest absolute Gasteiger partial charge is 0.501 e. The monoisotopic (exact) mass is 248 g/mol. The van der Waals surface area contributed by atoms with Gasteiger partial charge in [-0.15, -0.1) is 0 Å². The first-order valence-corrected chi connectivity index (χ1v) is 6.03. The summed E-state index contributed by atoms with van der Waals surface area (Å²) >= 11 is 0. The maximum Gasteiger partial charge on any atom is 0.231 e. The molecular formula is C14H16O4. The lowest BCUT2D eigenvalue weighted by atomic mass is 10.1. The third-order valence-electron chi connectivity index (χ3n) is 2.59. The van der Waals surface area contributed by atoms with E-state index < -0.39 is 0 Å². The Labute approximate surface area is 106 Å². The molecule has 1 aromatic rings. The lowest BCUT2D eigenvalue weighted by molar-refractivity contribution is 0.104. The number of hydrogen-bond donors (Lipinski definition) is 0. The Hall–Kier alpha value is -1.97. The summed E-state index contributed by atoms with van der Waals surface area (Å²) in [5, 5.41) is 0. The summed E-state index contributed by atoms with van der Waals surface area (Å²) in [5.74, 6) is 1.18. The van der Waals surface area contributed by atoms with Crippen LogP contribution in [-0.4, -0.2) is 19.2 Å². The molecule has 96 valence electrons. The van der Waals surface area contributed by atoms with E-state index in [4.69, 9.17) is 14.2 Å². The molecule has 0 radical (unpaired) electrons. The molecule has 1 heterocycles. The molecule has 1 aliphatic heterocycles. The van der Waals surface area contributed by atoms with Gasteiger partial charge in [0.2, 0.25) is 6.79 Å². The normalized spacial score (nSPS) is 12.9. The number of carbonyl (C=O) groups excluding carboxylic acids is 1. The van der Waals surface area contributed by atoms with Crippen LogP contribution in [0, 0.1) is 0 Å². The third-order valence-corrected chi connectivity index (χ3v) is 2.59. The minimum atomic E-state index is -0.107. The first-order chi connectivity index (χ1) is 8.81. The molecule has 4 nitrogen and oxygen atoms in total. The summed E-state index contributed by atoms with van der Waals surface area (Å²) in [6.45, 7) is 2.94. The van der Waals surface area contributed by atoms with Crippen LogP contribution >= 0.6 is 0 Å². The van der Waals surface area contributed by atoms with Gasteiger partial charge in [0.05, 0.1) is 12.9 Å². The molecule has 1 aliphatic rings. The van der Waals surface area contributed by atoms with Gasteiger partial charge in [0, 0.05) is 11.6 Å². The van der Waals surface area contributed by atoms with Crippen LogP contribution in [0.1, 0.15) is 30.1 Å². The molecule has 0 aromatic heterocycles. The first kappa shape index (κ1) is 12.5. The van der Waals surface area contributed by atoms with E-state index in [0.717, 1.165) is 12.8 Å². The standard InChI is InChI=1S/C14H16O4/c1-2-3-7-16-8-6-12(15)11-4-5-13-14(9-11)18-10-17-13/h4-6,8-9H,2-3,7,10H2,1H3/b8-6+. The van der Waals surface area contributed by atoms with E-state index >= 15 is 0 Å². The van der Waals surface area contributed by atoms with Crippen LogP contribution < -0.4 is 9.47 Å². The highest BCUT2D eigenvalue weighted by molar-refractivity contribution is 6.04. The predicted molar refractivity (Wildman–Crippen MR) is 66.9 cm³/mol. The average Bonchev–Trinajstić information content (AvgIpc) is 2.85. The zero-order chi connectivity index (χ0) is 12.8. The van der Waals surface area contributed by atoms with Gasteiger partial charge in [-0.05, 0) is 24.6 Å². The van der Waals surface area contributed by atoms with Crippen molar-refractivity contribution >= 4 is 5.78 Å². The Morgan fingerprint density at radius 2 is 2.22 bits per heavy atom. The molecule has 0 fully saturated rings. The van der Waals surface area contributed by atoms with Crippen molar-refractivity contribution in [3.8, 4) is 11.5 Å². The SMILES string of the molecule is CCCCO/C=C/C(=O)c1ccc2c(c1)OCO2. The van der Waals surface area contributed by atoms with Gasteiger partial charge in [-0.3, -0.25) is 4.79 Å². The van der Waals surface area contributed by atoms with Crippen molar-refractivity contribution in [2.24, 2.45) is 0 Å². The minimum Gasteiger partial charge on any atom is -0.501 e. The van der Waals surface area contributed by atoms with Crippen molar-refractivity contribution in [3.63, 3.8) is 0 Å². The number of carbonyl (C=O) groups is 1. The summed E-state index contributed by atoms with van der Waals surface area (Å²) < 4.78 is 15.6. The van der Waals surface area contributed by atoms with Crippen molar-refractivity contribution in [1.82, 2.24) is 0 Å². The van der Waals surface area contributed by atoms with Crippen LogP contribution in [0.15, 0.2) is 30.5 Å². The van der Waals surface area contributed by atoms with E-state index in [-0.39, 0.29) is 12.6 Å². The number of allylic oxidation sites excluding steroid dienone is 1. The lowest BCUT2D eigenvalue weighted by Gasteiger charge is -2.00. The van der Waals surface area contributed by atoms with Gasteiger partial charge in [-0.2, -0.15) is 0 Å². The molecule has 0 saturated heterocycles. The highest BCUT2D eigenvalue weighted by Crippen LogP contribution is 2.32. The van der Waals surface area contributed by atoms with E-state index in [1.165, 1.54) is 12.3 Å². The fourth-order valence-corrected chi connectivity index (χ4v) is 1.55. The predicted octanol–water partition coefficient (Wildman–Crippen LogP) is 2.93. The maximum absolute atomic E-state index is 11.8. The lowest BCUT2D eigenvalue weighted by Crippen LogP contribution is -1.95. The van der Waals surface area contributed by atoms with E-state index in [0.29, 0.717) is 23.7 Å². The number of ether oxygens (including phenoxy) is 3. The third kappa shape index (κ3) is 3.03. The number of hydrogen-bond acceptors (Lipinski definition) is 4. The Balaban J connectivity index is 1.93. The highest BCUT2D eigenvalue weighted by Gasteiger charge is 2.14. The smallest absolute Gasteiger partial charge is 0.231 e. The summed E-state index contributed by atoms with van der Waals surface area (Å²) in [5.41, 5.74) is 0.564. The Kier molecular flexibility index (Phi) is 4.23. The average molecular weight is 248 g/mol. The zero-order valence-electron chi connectivity index (χ0n) is 10.3. The van der Waals surface area contributed by atoms with Crippen LogP contribution in [0.3, 0.4) is 0 Å². The topological polar surface area (TPSA) is 44.8 Å². The zero-order valence-corrected chi connectivity index (χ0v) is 10.3. The van der Waals surface area contributed by atoms with Gasteiger partial charge in [-0.1, -0.05) is 13.3 Å². The summed E-state index contributed by atoms with van der Waals surface area (Å²) in [6, 6.07) is 5.13. The second kappa shape index (κ2) is 6.10. The van der Waals surface area contributed by atoms with E-state index in [1.807, 2.05) is 0 Å². The van der Waals surface area contributed by atoms with Crippen molar-refractivity contribution in [2.75, 3.05) is 13.4 Å². The second-order valence-electron chi connectivity index (χ2n) is 3.96. The van der Waals surface area contributed by atoms with Gasteiger partial charge in [-0.25, -0.2) is 0 Å². The molecule has 0 unspecified atom stereocenters. The van der Waals surface area contributed by atoms with Gasteiger partial charge < -0.3 is 14.2 Å². The molecule has 0 atom stereocenters. The molecule has 0 saturated carbocycles. The van der Waals surface area contributed by atoms with Crippen molar-refractivity contribution < 1.29 is 19.0 Å². The van der Waals surface area contributed by atoms with E-state index in [9.17, 15) is 4.79 Å². The second-order valence-corrected chi connectivity index (χ2v) is 3.96. The Morgan fingerprint density at radius 3 is 3.06 bits per heavy atom. The maximum atomic E-state index is 11.8. The Morgan fingerprint density at radius 1 is 1.39 bits per heavy atom. The molecule has 2 rings (SSSR count). The number of rotatable bonds is 6. The van der Waals surface area contributed by atoms with Gasteiger partial charge in [0.1, 0.15) is 0 Å². The summed E-state index contributed by atoms with van der Waals surface area (Å²) in [6.07, 6.45) is 4.93. The van der Waals surface area contributed by atoms with E-state index in [2.05, 4.69) is 6.92 Å². The van der Waals surface area contributed by atoms with Gasteiger partial charge >= 0.3 is 0 Å². The van der Waals surface area contributed by atoms with Crippen molar-refractivity contribution in [2.45, 2.75) is 19.8 Å². The Bertz CT molecular complexity index is 451. The van der Waals surface area contributed by atoms with Crippen LogP contribution in [0.4, 0.5) is 0 Å². The quantitative estimate of drug-likeness (QED) is 0.336. The number of fused-ring (bicyclic) bond motifs is 1. The first-order valence-electron chi connectivity index (χ1n) is 6.03. The molecule has 0 spiro atoms. The molecule has 4 heteroatoms. The fourth-order valence-electron chi connectivity index (χ4n) is 1.55. The minimum absolute atomic E-state index is 0.107. The molecule has 0 N–H and O–H groups in total. The molecule has 0 aliphatic carbocycles. The van der Waals surface area contributed by atoms with Gasteiger partial charge in [0.15, 0.2) is 17.3 Å². The van der Waals surface area contributed by atoms with Crippen molar-refractivity contribution in [1.29, 1.82) is 0 Å². The molecule has 18 heavy (non-hydrogen) atoms. The molecular weight excluding hydrogens is 232 g/mol. The summed E-state index contributed by atoms with van der Waals surface area (Å²) in [7, 11) is 0. The van der Waals surface area contributed by atoms with Crippen LogP contribution in [0.5, 0.6) is 11.5 Å². The highest BCUT2D eigenvalue weighted by atomic mass is 16.7. The summed E-state index contributed by atoms with van der Waals surface area (Å²) in [4.78, 5) is 11.8. The molecule has 0 bridgehead atoms.